The molecular weight excluding hydrogens is 409 g/mol. The van der Waals surface area contributed by atoms with Crippen LogP contribution < -0.4 is 0 Å². The topological polar surface area (TPSA) is 51.2 Å². The fraction of sp³-hybridized carbons (Fsp3) is 0.0625. The molecule has 0 atom stereocenters. The van der Waals surface area contributed by atoms with Crippen LogP contribution >= 0.6 is 15.9 Å². The Balaban J connectivity index is 2.62. The van der Waals surface area contributed by atoms with E-state index in [0.717, 1.165) is 6.08 Å². The molecule has 0 heterocycles. The number of allylic oxidation sites excluding steroid dienone is 1. The Kier molecular flexibility index (Phi) is 5.29. The Morgan fingerprint density at radius 2 is 1.50 bits per heavy atom. The number of carbonyl (C=O) groups is 1. The highest BCUT2D eigenvalue weighted by atomic mass is 79.9. The largest absolute Gasteiger partial charge is 0.502 e. The first-order valence-corrected chi connectivity index (χ1v) is 8.79. The van der Waals surface area contributed by atoms with E-state index in [1.165, 1.54) is 48.5 Å². The van der Waals surface area contributed by atoms with E-state index in [-0.39, 0.29) is 11.1 Å². The van der Waals surface area contributed by atoms with Crippen molar-refractivity contribution in [1.29, 1.82) is 0 Å². The quantitative estimate of drug-likeness (QED) is 0.538. The molecule has 0 fully saturated rings. The molecule has 0 saturated heterocycles. The number of hydrogen-bond acceptors (Lipinski definition) is 3. The molecule has 2 rings (SSSR count). The van der Waals surface area contributed by atoms with Crippen molar-refractivity contribution in [3.8, 4) is 0 Å². The lowest BCUT2D eigenvalue weighted by Crippen LogP contribution is -2.28. The van der Waals surface area contributed by atoms with Crippen LogP contribution in [-0.4, -0.2) is 19.7 Å². The lowest BCUT2D eigenvalue weighted by Gasteiger charge is -2.11. The number of benzene rings is 2. The molecule has 0 saturated carbocycles. The molecule has 3 nitrogen and oxygen atoms in total. The van der Waals surface area contributed by atoms with Crippen molar-refractivity contribution in [2.24, 2.45) is 0 Å². The van der Waals surface area contributed by atoms with E-state index in [2.05, 4.69) is 15.9 Å². The summed E-state index contributed by atoms with van der Waals surface area (Å²) in [4.78, 5) is 11.0. The maximum absolute atomic E-state index is 12.9. The molecule has 0 aliphatic heterocycles. The summed E-state index contributed by atoms with van der Waals surface area (Å²) < 4.78 is 63.1. The first kappa shape index (κ1) is 18.4. The Morgan fingerprint density at radius 1 is 0.958 bits per heavy atom. The van der Waals surface area contributed by atoms with Gasteiger partial charge in [-0.25, -0.2) is 8.42 Å². The van der Waals surface area contributed by atoms with Crippen LogP contribution in [0.2, 0.25) is 0 Å². The van der Waals surface area contributed by atoms with Gasteiger partial charge in [0.25, 0.3) is 9.84 Å². The molecule has 2 aromatic rings. The standard InChI is InChI=1S/C16H10BrF3O3S/c17-13-8-6-11(7-9-13)10-14(24(22,23)16(18,19)20)15(21)12-4-2-1-3-5-12/h1-10H/b14-10+. The minimum absolute atomic E-state index is 0.145. The summed E-state index contributed by atoms with van der Waals surface area (Å²) in [6.45, 7) is 0. The Bertz CT molecular complexity index is 871. The molecule has 24 heavy (non-hydrogen) atoms. The molecule has 0 radical (unpaired) electrons. The minimum atomic E-state index is -5.79. The fourth-order valence-corrected chi connectivity index (χ4v) is 3.00. The average molecular weight is 419 g/mol. The summed E-state index contributed by atoms with van der Waals surface area (Å²) in [5, 5.41) is 0. The molecule has 0 aliphatic carbocycles. The van der Waals surface area contributed by atoms with Gasteiger partial charge in [-0.05, 0) is 23.8 Å². The monoisotopic (exact) mass is 418 g/mol. The number of carbonyl (C=O) groups excluding carboxylic acids is 1. The van der Waals surface area contributed by atoms with Crippen LogP contribution in [0.5, 0.6) is 0 Å². The van der Waals surface area contributed by atoms with Gasteiger partial charge in [0.05, 0.1) is 0 Å². The molecule has 0 aromatic heterocycles. The SMILES string of the molecule is O=C(/C(=C\c1ccc(Br)cc1)S(=O)(=O)C(F)(F)F)c1ccccc1. The van der Waals surface area contributed by atoms with Crippen molar-refractivity contribution in [3.63, 3.8) is 0 Å². The van der Waals surface area contributed by atoms with Gasteiger partial charge >= 0.3 is 5.51 Å². The first-order chi connectivity index (χ1) is 11.1. The molecule has 0 unspecified atom stereocenters. The van der Waals surface area contributed by atoms with Gasteiger partial charge in [0.2, 0.25) is 5.78 Å². The highest BCUT2D eigenvalue weighted by Gasteiger charge is 2.50. The van der Waals surface area contributed by atoms with Crippen LogP contribution in [0, 0.1) is 0 Å². The molecule has 0 bridgehead atoms. The number of alkyl halides is 3. The lowest BCUT2D eigenvalue weighted by atomic mass is 10.1. The summed E-state index contributed by atoms with van der Waals surface area (Å²) in [7, 11) is -5.79. The van der Waals surface area contributed by atoms with Gasteiger partial charge in [-0.2, -0.15) is 13.2 Å². The molecular formula is C16H10BrF3O3S. The van der Waals surface area contributed by atoms with Crippen molar-refractivity contribution in [3.05, 3.63) is 75.1 Å². The zero-order valence-corrected chi connectivity index (χ0v) is 14.3. The molecule has 8 heteroatoms. The summed E-state index contributed by atoms with van der Waals surface area (Å²) in [6.07, 6.45) is 0.727. The minimum Gasteiger partial charge on any atom is -0.288 e. The van der Waals surface area contributed by atoms with Crippen molar-refractivity contribution in [2.45, 2.75) is 5.51 Å². The van der Waals surface area contributed by atoms with Gasteiger partial charge in [-0.3, -0.25) is 4.79 Å². The second-order valence-electron chi connectivity index (χ2n) is 4.70. The molecule has 126 valence electrons. The van der Waals surface area contributed by atoms with Crippen LogP contribution in [0.1, 0.15) is 15.9 Å². The normalized spacial score (nSPS) is 12.9. The van der Waals surface area contributed by atoms with Crippen LogP contribution in [-0.2, 0) is 9.84 Å². The highest BCUT2D eigenvalue weighted by Crippen LogP contribution is 2.32. The van der Waals surface area contributed by atoms with E-state index in [1.807, 2.05) is 0 Å². The number of hydrogen-bond donors (Lipinski definition) is 0. The molecule has 0 amide bonds. The number of rotatable bonds is 4. The summed E-state index contributed by atoms with van der Waals surface area (Å²) in [5.74, 6) is -1.21. The van der Waals surface area contributed by atoms with Crippen LogP contribution in [0.15, 0.2) is 64.0 Å². The summed E-state index contributed by atoms with van der Waals surface area (Å²) in [5.41, 5.74) is -5.56. The third kappa shape index (κ3) is 3.93. The first-order valence-electron chi connectivity index (χ1n) is 6.51. The lowest BCUT2D eigenvalue weighted by molar-refractivity contribution is -0.0426. The van der Waals surface area contributed by atoms with Gasteiger partial charge in [-0.15, -0.1) is 0 Å². The summed E-state index contributed by atoms with van der Waals surface area (Å²) in [6, 6.07) is 12.8. The van der Waals surface area contributed by atoms with Crippen LogP contribution in [0.25, 0.3) is 6.08 Å². The maximum atomic E-state index is 12.9. The van der Waals surface area contributed by atoms with Crippen molar-refractivity contribution >= 4 is 37.6 Å². The Morgan fingerprint density at radius 3 is 2.00 bits per heavy atom. The highest BCUT2D eigenvalue weighted by molar-refractivity contribution is 9.10. The van der Waals surface area contributed by atoms with Gasteiger partial charge in [0, 0.05) is 10.0 Å². The van der Waals surface area contributed by atoms with Crippen LogP contribution in [0.4, 0.5) is 13.2 Å². The summed E-state index contributed by atoms with van der Waals surface area (Å²) >= 11 is 3.16. The predicted octanol–water partition coefficient (Wildman–Crippen LogP) is 4.61. The van der Waals surface area contributed by atoms with E-state index in [4.69, 9.17) is 0 Å². The van der Waals surface area contributed by atoms with E-state index in [9.17, 15) is 26.4 Å². The Hall–Kier alpha value is -1.93. The molecule has 0 N–H and O–H groups in total. The number of Topliss-reactive ketones (excluding diaryl/α,β-unsaturated/α-hetero) is 1. The maximum Gasteiger partial charge on any atom is 0.502 e. The van der Waals surface area contributed by atoms with Crippen molar-refractivity contribution in [1.82, 2.24) is 0 Å². The zero-order chi connectivity index (χ0) is 18.0. The van der Waals surface area contributed by atoms with Crippen LogP contribution in [0.3, 0.4) is 0 Å². The van der Waals surface area contributed by atoms with Gasteiger partial charge < -0.3 is 0 Å². The average Bonchev–Trinajstić information content (AvgIpc) is 2.53. The molecule has 0 aliphatic rings. The van der Waals surface area contributed by atoms with Gasteiger partial charge in [0.1, 0.15) is 4.91 Å². The van der Waals surface area contributed by atoms with E-state index in [0.29, 0.717) is 4.47 Å². The number of sulfone groups is 1. The third-order valence-electron chi connectivity index (χ3n) is 3.02. The second kappa shape index (κ2) is 6.90. The fourth-order valence-electron chi connectivity index (χ4n) is 1.83. The van der Waals surface area contributed by atoms with E-state index in [1.54, 1.807) is 6.07 Å². The Labute approximate surface area is 144 Å². The van der Waals surface area contributed by atoms with Gasteiger partial charge in [-0.1, -0.05) is 58.4 Å². The predicted molar refractivity (Wildman–Crippen MR) is 87.9 cm³/mol. The number of ketones is 1. The van der Waals surface area contributed by atoms with Crippen molar-refractivity contribution < 1.29 is 26.4 Å². The molecule has 2 aromatic carbocycles. The van der Waals surface area contributed by atoms with Crippen molar-refractivity contribution in [2.75, 3.05) is 0 Å². The number of halogens is 4. The van der Waals surface area contributed by atoms with E-state index < -0.39 is 26.0 Å². The zero-order valence-electron chi connectivity index (χ0n) is 11.9. The molecule has 0 spiro atoms. The smallest absolute Gasteiger partial charge is 0.288 e. The van der Waals surface area contributed by atoms with E-state index >= 15 is 0 Å². The third-order valence-corrected chi connectivity index (χ3v) is 5.04. The second-order valence-corrected chi connectivity index (χ2v) is 7.53. The van der Waals surface area contributed by atoms with Gasteiger partial charge in [0.15, 0.2) is 0 Å².